The third-order valence-corrected chi connectivity index (χ3v) is 10.6. The first-order valence-electron chi connectivity index (χ1n) is 17.4. The number of nitrogens with zero attached hydrogens (tertiary/aromatic N) is 3. The van der Waals surface area contributed by atoms with Gasteiger partial charge in [-0.1, -0.05) is 97.9 Å². The fourth-order valence-corrected chi connectivity index (χ4v) is 8.09. The molecule has 3 amide bonds. The van der Waals surface area contributed by atoms with Gasteiger partial charge < -0.3 is 25.1 Å². The molecule has 6 rings (SSSR count). The summed E-state index contributed by atoms with van der Waals surface area (Å²) in [4.78, 5) is 47.9. The summed E-state index contributed by atoms with van der Waals surface area (Å²) in [5.41, 5.74) is 2.11. The van der Waals surface area contributed by atoms with Gasteiger partial charge in [0.2, 0.25) is 17.7 Å². The van der Waals surface area contributed by atoms with Crippen LogP contribution in [0.1, 0.15) is 62.1 Å². The quantitative estimate of drug-likeness (QED) is 0.326. The molecule has 0 aromatic heterocycles. The zero-order chi connectivity index (χ0) is 32.8. The summed E-state index contributed by atoms with van der Waals surface area (Å²) in [6, 6.07) is 28.7. The molecular formula is C39H48N4O4. The molecule has 3 heterocycles. The van der Waals surface area contributed by atoms with Crippen LogP contribution in [0.15, 0.2) is 91.0 Å². The number of hydrogen-bond donors (Lipinski definition) is 2. The summed E-state index contributed by atoms with van der Waals surface area (Å²) < 4.78 is 0. The summed E-state index contributed by atoms with van der Waals surface area (Å²) in [5.74, 6) is -0.144. The summed E-state index contributed by atoms with van der Waals surface area (Å²) in [5, 5.41) is 14.0. The van der Waals surface area contributed by atoms with E-state index in [-0.39, 0.29) is 37.1 Å². The molecule has 0 bridgehead atoms. The van der Waals surface area contributed by atoms with Crippen LogP contribution in [0.2, 0.25) is 0 Å². The van der Waals surface area contributed by atoms with Gasteiger partial charge in [0.1, 0.15) is 12.1 Å². The molecule has 3 aromatic carbocycles. The fourth-order valence-electron chi connectivity index (χ4n) is 8.09. The Hall–Kier alpha value is -4.01. The second-order valence-electron chi connectivity index (χ2n) is 13.5. The maximum atomic E-state index is 14.6. The van der Waals surface area contributed by atoms with Crippen LogP contribution < -0.4 is 5.32 Å². The zero-order valence-electron chi connectivity index (χ0n) is 27.5. The van der Waals surface area contributed by atoms with E-state index >= 15 is 0 Å². The van der Waals surface area contributed by atoms with Crippen molar-refractivity contribution in [2.24, 2.45) is 5.92 Å². The smallest absolute Gasteiger partial charge is 0.246 e. The molecule has 3 fully saturated rings. The number of carbonyl (C=O) groups excluding carboxylic acids is 3. The van der Waals surface area contributed by atoms with E-state index in [2.05, 4.69) is 53.5 Å². The minimum absolute atomic E-state index is 0.0849. The lowest BCUT2D eigenvalue weighted by Crippen LogP contribution is -2.54. The maximum absolute atomic E-state index is 14.6. The summed E-state index contributed by atoms with van der Waals surface area (Å²) in [7, 11) is 0. The van der Waals surface area contributed by atoms with Gasteiger partial charge in [0.15, 0.2) is 0 Å². The third-order valence-electron chi connectivity index (χ3n) is 10.6. The number of aliphatic hydroxyl groups excluding tert-OH is 1. The Bertz CT molecular complexity index is 1400. The molecule has 8 nitrogen and oxygen atoms in total. The van der Waals surface area contributed by atoms with Gasteiger partial charge >= 0.3 is 0 Å². The number of likely N-dealkylation sites (tertiary alicyclic amines) is 3. The number of piperidine rings is 1. The predicted octanol–water partition coefficient (Wildman–Crippen LogP) is 4.21. The Balaban J connectivity index is 1.23. The minimum atomic E-state index is -0.817. The van der Waals surface area contributed by atoms with Crippen LogP contribution >= 0.6 is 0 Å². The van der Waals surface area contributed by atoms with E-state index in [0.29, 0.717) is 25.4 Å². The van der Waals surface area contributed by atoms with Crippen LogP contribution in [0.25, 0.3) is 0 Å². The van der Waals surface area contributed by atoms with Gasteiger partial charge in [-0.25, -0.2) is 0 Å². The van der Waals surface area contributed by atoms with Crippen molar-refractivity contribution in [2.45, 2.75) is 69.1 Å². The lowest BCUT2D eigenvalue weighted by atomic mass is 9.67. The van der Waals surface area contributed by atoms with E-state index in [4.69, 9.17) is 0 Å². The topological polar surface area (TPSA) is 93.2 Å². The lowest BCUT2D eigenvalue weighted by molar-refractivity contribution is -0.146. The van der Waals surface area contributed by atoms with Gasteiger partial charge in [0.25, 0.3) is 0 Å². The highest BCUT2D eigenvalue weighted by molar-refractivity contribution is 5.93. The van der Waals surface area contributed by atoms with Gasteiger partial charge in [-0.3, -0.25) is 14.4 Å². The number of rotatable bonds is 10. The molecule has 0 unspecified atom stereocenters. The number of nitrogens with one attached hydrogen (secondary N) is 1. The molecular weight excluding hydrogens is 588 g/mol. The average molecular weight is 637 g/mol. The lowest BCUT2D eigenvalue weighted by Gasteiger charge is -2.38. The standard InChI is InChI=1S/C39H48N4O4/c1-2-41-22-12-14-29(27-41)26-40-37(46)34-21-13-23-42(34)38(47)35-24-33(44)28-43(35)36(45)25-39(30-15-6-3-7-16-30,31-17-8-4-9-18-31)32-19-10-5-11-20-32/h3-11,15-20,29,33-35,44H,2,12-14,21-28H2,1H3,(H,40,46)/t29-,33-,34-,35+/m1/s1. The fraction of sp³-hybridized carbons (Fsp3) is 0.462. The number of benzene rings is 3. The van der Waals surface area contributed by atoms with Crippen molar-refractivity contribution < 1.29 is 19.5 Å². The zero-order valence-corrected chi connectivity index (χ0v) is 27.5. The highest BCUT2D eigenvalue weighted by Gasteiger charge is 2.47. The third kappa shape index (κ3) is 6.99. The number of β-amino-alcohol motifs (C(OH)–C–C–N with tert-alkyl or cyclic N) is 1. The Morgan fingerprint density at radius 1 is 0.766 bits per heavy atom. The Kier molecular flexibility index (Phi) is 10.4. The second-order valence-corrected chi connectivity index (χ2v) is 13.5. The van der Waals surface area contributed by atoms with Crippen molar-refractivity contribution >= 4 is 17.7 Å². The monoisotopic (exact) mass is 636 g/mol. The Morgan fingerprint density at radius 3 is 1.91 bits per heavy atom. The molecule has 3 aliphatic heterocycles. The SMILES string of the molecule is CCN1CCC[C@H](CNC(=O)[C@H]2CCCN2C(=O)[C@@H]2C[C@@H](O)CN2C(=O)CC(c2ccccc2)(c2ccccc2)c2ccccc2)C1. The van der Waals surface area contributed by atoms with Crippen molar-refractivity contribution in [1.29, 1.82) is 0 Å². The Morgan fingerprint density at radius 2 is 1.34 bits per heavy atom. The van der Waals surface area contributed by atoms with Crippen LogP contribution in [0.3, 0.4) is 0 Å². The molecule has 8 heteroatoms. The molecule has 0 radical (unpaired) electrons. The van der Waals surface area contributed by atoms with Crippen molar-refractivity contribution in [3.05, 3.63) is 108 Å². The van der Waals surface area contributed by atoms with E-state index in [1.54, 1.807) is 9.80 Å². The van der Waals surface area contributed by atoms with Gasteiger partial charge in [-0.15, -0.1) is 0 Å². The van der Waals surface area contributed by atoms with Crippen molar-refractivity contribution in [3.63, 3.8) is 0 Å². The number of amides is 3. The molecule has 47 heavy (non-hydrogen) atoms. The molecule has 0 spiro atoms. The van der Waals surface area contributed by atoms with E-state index in [0.717, 1.165) is 55.6 Å². The van der Waals surface area contributed by atoms with E-state index in [1.807, 2.05) is 54.6 Å². The van der Waals surface area contributed by atoms with Crippen molar-refractivity contribution in [1.82, 2.24) is 20.0 Å². The van der Waals surface area contributed by atoms with Crippen LogP contribution in [0, 0.1) is 5.92 Å². The largest absolute Gasteiger partial charge is 0.391 e. The van der Waals surface area contributed by atoms with Crippen molar-refractivity contribution in [2.75, 3.05) is 39.3 Å². The van der Waals surface area contributed by atoms with Gasteiger partial charge in [-0.05, 0) is 61.4 Å². The number of hydrogen-bond acceptors (Lipinski definition) is 5. The highest BCUT2D eigenvalue weighted by atomic mass is 16.3. The second kappa shape index (κ2) is 14.8. The molecule has 4 atom stereocenters. The van der Waals surface area contributed by atoms with Crippen LogP contribution in [-0.2, 0) is 19.8 Å². The van der Waals surface area contributed by atoms with E-state index < -0.39 is 23.6 Å². The predicted molar refractivity (Wildman–Crippen MR) is 183 cm³/mol. The summed E-state index contributed by atoms with van der Waals surface area (Å²) in [6.07, 6.45) is 3.01. The van der Waals surface area contributed by atoms with E-state index in [9.17, 15) is 19.5 Å². The van der Waals surface area contributed by atoms with Gasteiger partial charge in [0, 0.05) is 39.0 Å². The number of aliphatic hydroxyl groups is 1. The molecule has 0 aliphatic carbocycles. The minimum Gasteiger partial charge on any atom is -0.391 e. The Labute approximate surface area is 278 Å². The molecule has 3 aliphatic rings. The summed E-state index contributed by atoms with van der Waals surface area (Å²) >= 11 is 0. The van der Waals surface area contributed by atoms with Gasteiger partial charge in [0.05, 0.1) is 11.5 Å². The summed E-state index contributed by atoms with van der Waals surface area (Å²) in [6.45, 7) is 6.45. The van der Waals surface area contributed by atoms with Crippen LogP contribution in [-0.4, -0.2) is 95.0 Å². The normalized spacial score (nSPS) is 23.5. The molecule has 2 N–H and O–H groups in total. The molecule has 3 saturated heterocycles. The first-order valence-corrected chi connectivity index (χ1v) is 17.4. The van der Waals surface area contributed by atoms with E-state index in [1.165, 1.54) is 0 Å². The highest BCUT2D eigenvalue weighted by Crippen LogP contribution is 2.43. The van der Waals surface area contributed by atoms with Gasteiger partial charge in [-0.2, -0.15) is 0 Å². The first kappa shape index (κ1) is 32.9. The maximum Gasteiger partial charge on any atom is 0.246 e. The van der Waals surface area contributed by atoms with Crippen LogP contribution in [0.4, 0.5) is 0 Å². The first-order chi connectivity index (χ1) is 22.9. The molecule has 3 aromatic rings. The van der Waals surface area contributed by atoms with Crippen molar-refractivity contribution in [3.8, 4) is 0 Å². The number of carbonyl (C=O) groups is 3. The molecule has 248 valence electrons. The average Bonchev–Trinajstić information content (AvgIpc) is 3.78. The molecule has 0 saturated carbocycles. The van der Waals surface area contributed by atoms with Crippen LogP contribution in [0.5, 0.6) is 0 Å².